The first-order valence-corrected chi connectivity index (χ1v) is 5.74. The lowest BCUT2D eigenvalue weighted by molar-refractivity contribution is -0.143. The van der Waals surface area contributed by atoms with Gasteiger partial charge in [-0.25, -0.2) is 9.18 Å². The number of rotatable bonds is 2. The molecule has 0 aromatic carbocycles. The molecule has 1 atom stereocenters. The monoisotopic (exact) mass is 252 g/mol. The number of amides is 1. The molecule has 2 heterocycles. The van der Waals surface area contributed by atoms with Crippen LogP contribution in [0.15, 0.2) is 18.5 Å². The van der Waals surface area contributed by atoms with Crippen LogP contribution < -0.4 is 0 Å². The van der Waals surface area contributed by atoms with Gasteiger partial charge in [0.15, 0.2) is 5.82 Å². The van der Waals surface area contributed by atoms with E-state index in [1.807, 2.05) is 0 Å². The first-order valence-electron chi connectivity index (χ1n) is 5.74. The van der Waals surface area contributed by atoms with E-state index in [4.69, 9.17) is 5.11 Å². The van der Waals surface area contributed by atoms with Crippen LogP contribution in [-0.2, 0) is 4.79 Å². The van der Waals surface area contributed by atoms with Crippen molar-refractivity contribution in [2.24, 2.45) is 0 Å². The quantitative estimate of drug-likeness (QED) is 0.861. The molecular formula is C12H13FN2O3. The smallest absolute Gasteiger partial charge is 0.326 e. The molecule has 1 aromatic rings. The molecule has 5 nitrogen and oxygen atoms in total. The van der Waals surface area contributed by atoms with Gasteiger partial charge in [-0.3, -0.25) is 9.78 Å². The Morgan fingerprint density at radius 2 is 2.22 bits per heavy atom. The van der Waals surface area contributed by atoms with Gasteiger partial charge in [-0.05, 0) is 25.3 Å². The summed E-state index contributed by atoms with van der Waals surface area (Å²) in [6.45, 7) is 0.345. The average Bonchev–Trinajstić information content (AvgIpc) is 2.38. The molecule has 96 valence electrons. The summed E-state index contributed by atoms with van der Waals surface area (Å²) in [5, 5.41) is 9.07. The predicted octanol–water partition coefficient (Wildman–Crippen LogP) is 1.30. The molecule has 1 aromatic heterocycles. The van der Waals surface area contributed by atoms with Gasteiger partial charge >= 0.3 is 5.97 Å². The van der Waals surface area contributed by atoms with Crippen molar-refractivity contribution in [3.05, 3.63) is 29.8 Å². The fourth-order valence-corrected chi connectivity index (χ4v) is 2.13. The van der Waals surface area contributed by atoms with Crippen molar-refractivity contribution in [3.63, 3.8) is 0 Å². The van der Waals surface area contributed by atoms with Crippen LogP contribution in [0.5, 0.6) is 0 Å². The van der Waals surface area contributed by atoms with Crippen molar-refractivity contribution in [3.8, 4) is 0 Å². The highest BCUT2D eigenvalue weighted by Gasteiger charge is 2.33. The van der Waals surface area contributed by atoms with Crippen molar-refractivity contribution in [1.82, 2.24) is 9.88 Å². The first kappa shape index (κ1) is 12.5. The van der Waals surface area contributed by atoms with Gasteiger partial charge in [-0.15, -0.1) is 0 Å². The molecule has 1 unspecified atom stereocenters. The molecule has 0 aliphatic carbocycles. The highest BCUT2D eigenvalue weighted by atomic mass is 19.1. The number of piperidine rings is 1. The highest BCUT2D eigenvalue weighted by molar-refractivity contribution is 5.96. The number of pyridine rings is 1. The zero-order valence-electron chi connectivity index (χ0n) is 9.67. The Morgan fingerprint density at radius 3 is 2.89 bits per heavy atom. The molecule has 1 aliphatic heterocycles. The maximum absolute atomic E-state index is 13.5. The molecule has 6 heteroatoms. The fourth-order valence-electron chi connectivity index (χ4n) is 2.13. The van der Waals surface area contributed by atoms with Crippen molar-refractivity contribution < 1.29 is 19.1 Å². The molecule has 1 N–H and O–H groups in total. The largest absolute Gasteiger partial charge is 0.480 e. The first-order chi connectivity index (χ1) is 8.61. The Balaban J connectivity index is 2.27. The third-order valence-corrected chi connectivity index (χ3v) is 3.05. The van der Waals surface area contributed by atoms with E-state index in [0.29, 0.717) is 13.0 Å². The summed E-state index contributed by atoms with van der Waals surface area (Å²) >= 11 is 0. The third-order valence-electron chi connectivity index (χ3n) is 3.05. The van der Waals surface area contributed by atoms with Gasteiger partial charge in [0.25, 0.3) is 5.91 Å². The lowest BCUT2D eigenvalue weighted by atomic mass is 10.0. The number of likely N-dealkylation sites (tertiary alicyclic amines) is 1. The SMILES string of the molecule is O=C(O)C1CCCCN1C(=O)c1ccncc1F. The molecule has 0 saturated carbocycles. The van der Waals surface area contributed by atoms with Gasteiger partial charge in [0.1, 0.15) is 6.04 Å². The normalized spacial score (nSPS) is 19.6. The number of carbonyl (C=O) groups excluding carboxylic acids is 1. The second-order valence-electron chi connectivity index (χ2n) is 4.20. The Kier molecular flexibility index (Phi) is 3.55. The predicted molar refractivity (Wildman–Crippen MR) is 60.5 cm³/mol. The average molecular weight is 252 g/mol. The number of hydrogen-bond acceptors (Lipinski definition) is 3. The van der Waals surface area contributed by atoms with Gasteiger partial charge < -0.3 is 10.0 Å². The number of aliphatic carboxylic acids is 1. The van der Waals surface area contributed by atoms with Crippen molar-refractivity contribution in [2.75, 3.05) is 6.54 Å². The van der Waals surface area contributed by atoms with E-state index < -0.39 is 23.7 Å². The van der Waals surface area contributed by atoms with E-state index in [1.165, 1.54) is 17.2 Å². The van der Waals surface area contributed by atoms with Crippen molar-refractivity contribution in [1.29, 1.82) is 0 Å². The van der Waals surface area contributed by atoms with Gasteiger partial charge in [0.2, 0.25) is 0 Å². The minimum atomic E-state index is -1.04. The van der Waals surface area contributed by atoms with Gasteiger partial charge in [0.05, 0.1) is 11.8 Å². The minimum absolute atomic E-state index is 0.127. The molecule has 1 amide bonds. The van der Waals surface area contributed by atoms with Crippen LogP contribution in [0.2, 0.25) is 0 Å². The van der Waals surface area contributed by atoms with E-state index in [1.54, 1.807) is 0 Å². The maximum atomic E-state index is 13.5. The summed E-state index contributed by atoms with van der Waals surface area (Å²) in [7, 11) is 0. The number of aromatic nitrogens is 1. The Hall–Kier alpha value is -1.98. The molecule has 0 spiro atoms. The fraction of sp³-hybridized carbons (Fsp3) is 0.417. The van der Waals surface area contributed by atoms with Crippen molar-refractivity contribution in [2.45, 2.75) is 25.3 Å². The van der Waals surface area contributed by atoms with Crippen LogP contribution in [0.4, 0.5) is 4.39 Å². The number of carboxylic acids is 1. The zero-order chi connectivity index (χ0) is 13.1. The van der Waals surface area contributed by atoms with Crippen LogP contribution in [0, 0.1) is 5.82 Å². The summed E-state index contributed by atoms with van der Waals surface area (Å²) < 4.78 is 13.5. The van der Waals surface area contributed by atoms with Gasteiger partial charge in [-0.1, -0.05) is 0 Å². The topological polar surface area (TPSA) is 70.5 Å². The second-order valence-corrected chi connectivity index (χ2v) is 4.20. The number of carbonyl (C=O) groups is 2. The molecular weight excluding hydrogens is 239 g/mol. The molecule has 1 aliphatic rings. The van der Waals surface area contributed by atoms with E-state index >= 15 is 0 Å². The number of hydrogen-bond donors (Lipinski definition) is 1. The number of nitrogens with zero attached hydrogens (tertiary/aromatic N) is 2. The Labute approximate surface area is 103 Å². The maximum Gasteiger partial charge on any atom is 0.326 e. The van der Waals surface area contributed by atoms with Crippen LogP contribution in [0.1, 0.15) is 29.6 Å². The highest BCUT2D eigenvalue weighted by Crippen LogP contribution is 2.20. The molecule has 1 fully saturated rings. The minimum Gasteiger partial charge on any atom is -0.480 e. The van der Waals surface area contributed by atoms with E-state index in [0.717, 1.165) is 19.0 Å². The molecule has 1 saturated heterocycles. The zero-order valence-corrected chi connectivity index (χ0v) is 9.67. The lowest BCUT2D eigenvalue weighted by Crippen LogP contribution is -2.48. The van der Waals surface area contributed by atoms with Crippen molar-refractivity contribution >= 4 is 11.9 Å². The van der Waals surface area contributed by atoms with Crippen LogP contribution >= 0.6 is 0 Å². The van der Waals surface area contributed by atoms with Crippen LogP contribution in [0.3, 0.4) is 0 Å². The van der Waals surface area contributed by atoms with Gasteiger partial charge in [-0.2, -0.15) is 0 Å². The van der Waals surface area contributed by atoms with E-state index in [-0.39, 0.29) is 5.56 Å². The molecule has 0 radical (unpaired) electrons. The Bertz CT molecular complexity index is 478. The second kappa shape index (κ2) is 5.12. The molecule has 2 rings (SSSR count). The summed E-state index contributed by atoms with van der Waals surface area (Å²) in [5.74, 6) is -2.35. The summed E-state index contributed by atoms with van der Waals surface area (Å²) in [6, 6.07) is 0.407. The van der Waals surface area contributed by atoms with E-state index in [2.05, 4.69) is 4.98 Å². The lowest BCUT2D eigenvalue weighted by Gasteiger charge is -2.33. The van der Waals surface area contributed by atoms with Crippen LogP contribution in [0.25, 0.3) is 0 Å². The summed E-state index contributed by atoms with van der Waals surface area (Å²) in [4.78, 5) is 28.0. The number of halogens is 1. The third kappa shape index (κ3) is 2.32. The molecule has 0 bridgehead atoms. The van der Waals surface area contributed by atoms with Gasteiger partial charge in [0, 0.05) is 12.7 Å². The van der Waals surface area contributed by atoms with Crippen LogP contribution in [-0.4, -0.2) is 39.5 Å². The summed E-state index contributed by atoms with van der Waals surface area (Å²) in [6.07, 6.45) is 4.18. The molecule has 18 heavy (non-hydrogen) atoms. The van der Waals surface area contributed by atoms with E-state index in [9.17, 15) is 14.0 Å². The summed E-state index contributed by atoms with van der Waals surface area (Å²) in [5.41, 5.74) is -0.127. The number of carboxylic acid groups (broad SMARTS) is 1. The Morgan fingerprint density at radius 1 is 1.44 bits per heavy atom. The standard InChI is InChI=1S/C12H13FN2O3/c13-9-7-14-5-4-8(9)11(16)15-6-2-1-3-10(15)12(17)18/h4-5,7,10H,1-3,6H2,(H,17,18).